The normalized spacial score (nSPS) is 17.6. The zero-order valence-electron chi connectivity index (χ0n) is 14.5. The molecular weight excluding hydrogens is 344 g/mol. The van der Waals surface area contributed by atoms with Gasteiger partial charge in [-0.2, -0.15) is 0 Å². The van der Waals surface area contributed by atoms with Gasteiger partial charge in [0.15, 0.2) is 0 Å². The van der Waals surface area contributed by atoms with Crippen molar-refractivity contribution in [2.24, 2.45) is 0 Å². The first-order valence-corrected chi connectivity index (χ1v) is 9.98. The van der Waals surface area contributed by atoms with Gasteiger partial charge in [-0.15, -0.1) is 0 Å². The number of ether oxygens (including phenoxy) is 2. The lowest BCUT2D eigenvalue weighted by molar-refractivity contribution is -0.122. The van der Waals surface area contributed by atoms with Crippen LogP contribution in [0.15, 0.2) is 29.2 Å². The fourth-order valence-corrected chi connectivity index (χ4v) is 3.46. The highest BCUT2D eigenvalue weighted by atomic mass is 32.2. The summed E-state index contributed by atoms with van der Waals surface area (Å²) >= 11 is 0. The Bertz CT molecular complexity index is 640. The van der Waals surface area contributed by atoms with Gasteiger partial charge in [0, 0.05) is 26.1 Å². The molecule has 0 aliphatic carbocycles. The summed E-state index contributed by atoms with van der Waals surface area (Å²) < 4.78 is 37.4. The molecule has 25 heavy (non-hydrogen) atoms. The van der Waals surface area contributed by atoms with Crippen molar-refractivity contribution in [3.63, 3.8) is 0 Å². The summed E-state index contributed by atoms with van der Waals surface area (Å²) in [5.74, 6) is -0.165. The minimum Gasteiger partial charge on any atom is -0.378 e. The molecule has 1 amide bonds. The molecule has 0 bridgehead atoms. The van der Waals surface area contributed by atoms with Crippen molar-refractivity contribution in [3.8, 4) is 0 Å². The Kier molecular flexibility index (Phi) is 7.83. The van der Waals surface area contributed by atoms with E-state index in [1.807, 2.05) is 6.92 Å². The number of nitrogens with one attached hydrogen (secondary N) is 2. The van der Waals surface area contributed by atoms with E-state index in [0.29, 0.717) is 13.2 Å². The van der Waals surface area contributed by atoms with E-state index in [-0.39, 0.29) is 36.4 Å². The van der Waals surface area contributed by atoms with E-state index in [4.69, 9.17) is 9.47 Å². The monoisotopic (exact) mass is 370 g/mol. The quantitative estimate of drug-likeness (QED) is 0.599. The molecular formula is C17H26N2O5S. The third-order valence-corrected chi connectivity index (χ3v) is 5.35. The molecule has 0 saturated carbocycles. The second kappa shape index (κ2) is 9.86. The van der Waals surface area contributed by atoms with E-state index < -0.39 is 10.0 Å². The van der Waals surface area contributed by atoms with E-state index in [0.717, 1.165) is 25.0 Å². The molecule has 1 atom stereocenters. The second-order valence-corrected chi connectivity index (χ2v) is 7.79. The van der Waals surface area contributed by atoms with Gasteiger partial charge in [-0.25, -0.2) is 13.1 Å². The lowest BCUT2D eigenvalue weighted by Gasteiger charge is -2.10. The van der Waals surface area contributed by atoms with Gasteiger partial charge in [0.2, 0.25) is 15.9 Å². The molecule has 1 unspecified atom stereocenters. The summed E-state index contributed by atoms with van der Waals surface area (Å²) in [6, 6.07) is 6.60. The maximum absolute atomic E-state index is 12.1. The molecule has 8 heteroatoms. The van der Waals surface area contributed by atoms with E-state index in [2.05, 4.69) is 10.0 Å². The fraction of sp³-hybridized carbons (Fsp3) is 0.588. The highest BCUT2D eigenvalue weighted by Crippen LogP contribution is 2.12. The molecule has 2 N–H and O–H groups in total. The minimum atomic E-state index is -3.55. The molecule has 7 nitrogen and oxygen atoms in total. The Balaban J connectivity index is 1.56. The first kappa shape index (κ1) is 19.8. The summed E-state index contributed by atoms with van der Waals surface area (Å²) in [7, 11) is -3.55. The van der Waals surface area contributed by atoms with Crippen LogP contribution in [0.1, 0.15) is 24.8 Å². The zero-order chi connectivity index (χ0) is 18.1. The van der Waals surface area contributed by atoms with Crippen LogP contribution in [0.3, 0.4) is 0 Å². The van der Waals surface area contributed by atoms with Crippen LogP contribution < -0.4 is 10.0 Å². The first-order chi connectivity index (χ1) is 12.0. The molecule has 0 aromatic heterocycles. The van der Waals surface area contributed by atoms with E-state index in [1.165, 1.54) is 0 Å². The topological polar surface area (TPSA) is 93.7 Å². The highest BCUT2D eigenvalue weighted by molar-refractivity contribution is 7.89. The van der Waals surface area contributed by atoms with Crippen LogP contribution in [0, 0.1) is 6.92 Å². The molecule has 1 aromatic carbocycles. The van der Waals surface area contributed by atoms with E-state index in [1.54, 1.807) is 24.3 Å². The van der Waals surface area contributed by atoms with Crippen LogP contribution in [0.2, 0.25) is 0 Å². The van der Waals surface area contributed by atoms with Gasteiger partial charge in [-0.3, -0.25) is 4.79 Å². The van der Waals surface area contributed by atoms with Crippen molar-refractivity contribution in [1.29, 1.82) is 0 Å². The Morgan fingerprint density at radius 1 is 1.28 bits per heavy atom. The summed E-state index contributed by atoms with van der Waals surface area (Å²) in [6.45, 7) is 3.90. The van der Waals surface area contributed by atoms with Crippen molar-refractivity contribution in [2.45, 2.75) is 37.2 Å². The Hall–Kier alpha value is -1.48. The number of sulfonamides is 1. The average Bonchev–Trinajstić information content (AvgIpc) is 3.09. The smallest absolute Gasteiger partial charge is 0.240 e. The molecule has 1 aromatic rings. The molecule has 140 valence electrons. The Morgan fingerprint density at radius 3 is 2.72 bits per heavy atom. The Morgan fingerprint density at radius 2 is 2.04 bits per heavy atom. The van der Waals surface area contributed by atoms with Crippen LogP contribution >= 0.6 is 0 Å². The third kappa shape index (κ3) is 7.11. The zero-order valence-corrected chi connectivity index (χ0v) is 15.3. The van der Waals surface area contributed by atoms with Crippen molar-refractivity contribution in [2.75, 3.05) is 32.9 Å². The second-order valence-electron chi connectivity index (χ2n) is 6.02. The van der Waals surface area contributed by atoms with Crippen LogP contribution in [0.5, 0.6) is 0 Å². The lowest BCUT2D eigenvalue weighted by Crippen LogP contribution is -2.35. The molecule has 0 spiro atoms. The van der Waals surface area contributed by atoms with Gasteiger partial charge in [0.25, 0.3) is 0 Å². The molecule has 1 heterocycles. The number of hydrogen-bond acceptors (Lipinski definition) is 5. The Labute approximate surface area is 149 Å². The minimum absolute atomic E-state index is 0.138. The van der Waals surface area contributed by atoms with Crippen LogP contribution in [0.25, 0.3) is 0 Å². The van der Waals surface area contributed by atoms with Crippen LogP contribution in [0.4, 0.5) is 0 Å². The summed E-state index contributed by atoms with van der Waals surface area (Å²) in [5.41, 5.74) is 0.993. The number of carbonyl (C=O) groups is 1. The summed E-state index contributed by atoms with van der Waals surface area (Å²) in [5, 5.41) is 2.67. The van der Waals surface area contributed by atoms with Crippen LogP contribution in [-0.4, -0.2) is 53.3 Å². The summed E-state index contributed by atoms with van der Waals surface area (Å²) in [4.78, 5) is 11.9. The number of carbonyl (C=O) groups excluding carboxylic acids is 1. The molecule has 1 aliphatic heterocycles. The molecule has 1 fully saturated rings. The number of rotatable bonds is 10. The third-order valence-electron chi connectivity index (χ3n) is 3.87. The predicted molar refractivity (Wildman–Crippen MR) is 93.8 cm³/mol. The largest absolute Gasteiger partial charge is 0.378 e. The van der Waals surface area contributed by atoms with Crippen molar-refractivity contribution in [1.82, 2.24) is 10.0 Å². The number of benzene rings is 1. The predicted octanol–water partition coefficient (Wildman–Crippen LogP) is 0.975. The maximum atomic E-state index is 12.1. The van der Waals surface area contributed by atoms with Crippen molar-refractivity contribution in [3.05, 3.63) is 29.8 Å². The SMILES string of the molecule is Cc1ccc(S(=O)(=O)NCCNC(=O)CCOCC2CCCO2)cc1. The van der Waals surface area contributed by atoms with E-state index in [9.17, 15) is 13.2 Å². The maximum Gasteiger partial charge on any atom is 0.240 e. The number of hydrogen-bond donors (Lipinski definition) is 2. The molecule has 0 radical (unpaired) electrons. The lowest BCUT2D eigenvalue weighted by atomic mass is 10.2. The van der Waals surface area contributed by atoms with Gasteiger partial charge >= 0.3 is 0 Å². The van der Waals surface area contributed by atoms with Gasteiger partial charge in [0.05, 0.1) is 24.2 Å². The molecule has 1 aliphatic rings. The average molecular weight is 370 g/mol. The number of amides is 1. The van der Waals surface area contributed by atoms with Crippen LogP contribution in [-0.2, 0) is 24.3 Å². The van der Waals surface area contributed by atoms with Gasteiger partial charge in [-0.05, 0) is 31.9 Å². The molecule has 1 saturated heterocycles. The van der Waals surface area contributed by atoms with Crippen molar-refractivity contribution >= 4 is 15.9 Å². The standard InChI is InChI=1S/C17H26N2O5S/c1-14-4-6-16(7-5-14)25(21,22)19-10-9-18-17(20)8-12-23-13-15-3-2-11-24-15/h4-7,15,19H,2-3,8-13H2,1H3,(H,18,20). The van der Waals surface area contributed by atoms with Gasteiger partial charge < -0.3 is 14.8 Å². The van der Waals surface area contributed by atoms with Gasteiger partial charge in [-0.1, -0.05) is 17.7 Å². The van der Waals surface area contributed by atoms with Crippen molar-refractivity contribution < 1.29 is 22.7 Å². The summed E-state index contributed by atoms with van der Waals surface area (Å²) in [6.07, 6.45) is 2.47. The van der Waals surface area contributed by atoms with E-state index >= 15 is 0 Å². The molecule has 2 rings (SSSR count). The van der Waals surface area contributed by atoms with Gasteiger partial charge in [0.1, 0.15) is 0 Å². The first-order valence-electron chi connectivity index (χ1n) is 8.50. The fourth-order valence-electron chi connectivity index (χ4n) is 2.43. The number of aryl methyl sites for hydroxylation is 1. The highest BCUT2D eigenvalue weighted by Gasteiger charge is 2.15.